The number of allylic oxidation sites excluding steroid dienone is 1. The summed E-state index contributed by atoms with van der Waals surface area (Å²) in [5.41, 5.74) is 1.49. The Kier molecular flexibility index (Phi) is 5.69. The molecule has 1 N–H and O–H groups in total. The van der Waals surface area contributed by atoms with Gasteiger partial charge in [0.05, 0.1) is 22.0 Å². The van der Waals surface area contributed by atoms with Gasteiger partial charge in [0, 0.05) is 16.4 Å². The van der Waals surface area contributed by atoms with E-state index in [0.29, 0.717) is 45.1 Å². The Morgan fingerprint density at radius 2 is 2.22 bits per heavy atom. The molecule has 5 rings (SSSR count). The Balaban J connectivity index is 1.54. The lowest BCUT2D eigenvalue weighted by Crippen LogP contribution is -2.23. The minimum atomic E-state index is -0.214. The molecular weight excluding hydrogens is 464 g/mol. The highest BCUT2D eigenvalue weighted by Gasteiger charge is 2.24. The van der Waals surface area contributed by atoms with Crippen LogP contribution >= 0.6 is 34.7 Å². The molecule has 1 atom stereocenters. The van der Waals surface area contributed by atoms with Gasteiger partial charge >= 0.3 is 0 Å². The fraction of sp³-hybridized carbons (Fsp3) is 0.304. The van der Waals surface area contributed by atoms with Crippen molar-refractivity contribution in [2.24, 2.45) is 5.92 Å². The van der Waals surface area contributed by atoms with Gasteiger partial charge < -0.3 is 4.98 Å². The van der Waals surface area contributed by atoms with Gasteiger partial charge in [-0.3, -0.25) is 14.2 Å². The Morgan fingerprint density at radius 1 is 1.38 bits per heavy atom. The highest BCUT2D eigenvalue weighted by atomic mass is 35.5. The molecule has 1 unspecified atom stereocenters. The fourth-order valence-electron chi connectivity index (χ4n) is 4.17. The van der Waals surface area contributed by atoms with Crippen LogP contribution < -0.4 is 11.1 Å². The van der Waals surface area contributed by atoms with Crippen LogP contribution in [-0.2, 0) is 25.1 Å². The molecule has 164 valence electrons. The van der Waals surface area contributed by atoms with Gasteiger partial charge in [0.25, 0.3) is 11.1 Å². The molecule has 3 aromatic heterocycles. The maximum atomic E-state index is 13.4. The number of fused-ring (bicyclic) bond motifs is 4. The lowest BCUT2D eigenvalue weighted by atomic mass is 9.89. The van der Waals surface area contributed by atoms with Crippen molar-refractivity contribution >= 4 is 55.8 Å². The van der Waals surface area contributed by atoms with Crippen molar-refractivity contribution < 1.29 is 0 Å². The largest absolute Gasteiger partial charge is 0.309 e. The summed E-state index contributed by atoms with van der Waals surface area (Å²) < 4.78 is 1.67. The average Bonchev–Trinajstić information content (AvgIpc) is 3.11. The third-order valence-corrected chi connectivity index (χ3v) is 8.12. The molecule has 0 aliphatic heterocycles. The van der Waals surface area contributed by atoms with Crippen LogP contribution in [0.3, 0.4) is 0 Å². The standard InChI is InChI=1S/C23H21ClN4O2S2/c1-3-8-28-22(30)19-15-6-4-12(2)9-17(15)32-21(19)27-23(28)31-11-18-25-16-10-13(24)5-7-14(16)20(29)26-18/h3,5,7,10,12H,1,4,6,8-9,11H2,2H3,(H,25,26,29). The number of aryl methyl sites for hydroxylation is 1. The number of aromatic nitrogens is 4. The lowest BCUT2D eigenvalue weighted by Gasteiger charge is -2.17. The van der Waals surface area contributed by atoms with Crippen LogP contribution in [0.25, 0.3) is 21.1 Å². The normalized spacial score (nSPS) is 15.9. The van der Waals surface area contributed by atoms with E-state index in [-0.39, 0.29) is 11.1 Å². The summed E-state index contributed by atoms with van der Waals surface area (Å²) in [6.07, 6.45) is 4.74. The van der Waals surface area contributed by atoms with Crippen molar-refractivity contribution in [1.82, 2.24) is 19.5 Å². The first-order chi connectivity index (χ1) is 15.4. The van der Waals surface area contributed by atoms with E-state index in [0.717, 1.165) is 29.5 Å². The van der Waals surface area contributed by atoms with Crippen molar-refractivity contribution in [2.75, 3.05) is 0 Å². The number of hydrogen-bond acceptors (Lipinski definition) is 6. The van der Waals surface area contributed by atoms with Gasteiger partial charge in [-0.1, -0.05) is 36.4 Å². The van der Waals surface area contributed by atoms with Crippen LogP contribution in [0, 0.1) is 5.92 Å². The molecule has 0 bridgehead atoms. The molecule has 1 aromatic carbocycles. The second-order valence-corrected chi connectivity index (χ2v) is 10.6. The molecule has 6 nitrogen and oxygen atoms in total. The van der Waals surface area contributed by atoms with Crippen LogP contribution in [0.15, 0.2) is 45.6 Å². The number of H-pyrrole nitrogens is 1. The molecule has 0 saturated carbocycles. The molecule has 32 heavy (non-hydrogen) atoms. The van der Waals surface area contributed by atoms with Gasteiger partial charge in [-0.25, -0.2) is 9.97 Å². The van der Waals surface area contributed by atoms with Crippen molar-refractivity contribution in [2.45, 2.75) is 43.6 Å². The minimum Gasteiger partial charge on any atom is -0.309 e. The number of thioether (sulfide) groups is 1. The zero-order valence-corrected chi connectivity index (χ0v) is 19.9. The first-order valence-electron chi connectivity index (χ1n) is 10.4. The average molecular weight is 485 g/mol. The number of rotatable bonds is 5. The molecule has 0 fully saturated rings. The van der Waals surface area contributed by atoms with E-state index in [1.54, 1.807) is 40.2 Å². The van der Waals surface area contributed by atoms with E-state index in [2.05, 4.69) is 23.5 Å². The summed E-state index contributed by atoms with van der Waals surface area (Å²) in [7, 11) is 0. The third-order valence-electron chi connectivity index (χ3n) is 5.75. The first-order valence-corrected chi connectivity index (χ1v) is 12.6. The predicted molar refractivity (Wildman–Crippen MR) is 132 cm³/mol. The SMILES string of the molecule is C=CCn1c(SCc2nc3cc(Cl)ccc3c(=O)[nH]2)nc2sc3c(c2c1=O)CCC(C)C3. The number of nitrogens with zero attached hydrogens (tertiary/aromatic N) is 3. The lowest BCUT2D eigenvalue weighted by molar-refractivity contribution is 0.509. The van der Waals surface area contributed by atoms with Gasteiger partial charge in [-0.15, -0.1) is 17.9 Å². The number of halogens is 1. The van der Waals surface area contributed by atoms with Gasteiger partial charge in [0.15, 0.2) is 5.16 Å². The quantitative estimate of drug-likeness (QED) is 0.246. The molecule has 0 amide bonds. The number of aromatic amines is 1. The van der Waals surface area contributed by atoms with Crippen LogP contribution in [0.1, 0.15) is 29.6 Å². The molecule has 0 radical (unpaired) electrons. The van der Waals surface area contributed by atoms with Crippen molar-refractivity contribution in [1.29, 1.82) is 0 Å². The summed E-state index contributed by atoms with van der Waals surface area (Å²) >= 11 is 9.08. The Morgan fingerprint density at radius 3 is 3.03 bits per heavy atom. The Labute approximate surface area is 197 Å². The number of nitrogens with one attached hydrogen (secondary N) is 1. The van der Waals surface area contributed by atoms with Crippen molar-refractivity contribution in [3.63, 3.8) is 0 Å². The van der Waals surface area contributed by atoms with Crippen LogP contribution in [-0.4, -0.2) is 19.5 Å². The number of thiophene rings is 1. The molecule has 0 spiro atoms. The molecule has 1 aliphatic rings. The summed E-state index contributed by atoms with van der Waals surface area (Å²) in [5.74, 6) is 1.51. The molecule has 3 heterocycles. The molecule has 0 saturated heterocycles. The van der Waals surface area contributed by atoms with E-state index >= 15 is 0 Å². The van der Waals surface area contributed by atoms with Crippen LogP contribution in [0.5, 0.6) is 0 Å². The highest BCUT2D eigenvalue weighted by molar-refractivity contribution is 7.98. The maximum absolute atomic E-state index is 13.4. The van der Waals surface area contributed by atoms with E-state index in [4.69, 9.17) is 16.6 Å². The summed E-state index contributed by atoms with van der Waals surface area (Å²) in [6, 6.07) is 5.01. The smallest absolute Gasteiger partial charge is 0.263 e. The molecule has 4 aromatic rings. The Hall–Kier alpha value is -2.42. The third kappa shape index (κ3) is 3.80. The topological polar surface area (TPSA) is 80.6 Å². The van der Waals surface area contributed by atoms with Crippen LogP contribution in [0.2, 0.25) is 5.02 Å². The predicted octanol–water partition coefficient (Wildman–Crippen LogP) is 4.95. The van der Waals surface area contributed by atoms with E-state index in [9.17, 15) is 9.59 Å². The molecule has 1 aliphatic carbocycles. The van der Waals surface area contributed by atoms with E-state index in [1.165, 1.54) is 22.2 Å². The summed E-state index contributed by atoms with van der Waals surface area (Å²) in [4.78, 5) is 40.1. The fourth-order valence-corrected chi connectivity index (χ4v) is 6.64. The van der Waals surface area contributed by atoms with Gasteiger partial charge in [-0.05, 0) is 48.9 Å². The molecular formula is C23H21ClN4O2S2. The monoisotopic (exact) mass is 484 g/mol. The summed E-state index contributed by atoms with van der Waals surface area (Å²) in [6.45, 7) is 6.44. The van der Waals surface area contributed by atoms with Gasteiger partial charge in [0.2, 0.25) is 0 Å². The van der Waals surface area contributed by atoms with Gasteiger partial charge in [0.1, 0.15) is 10.7 Å². The van der Waals surface area contributed by atoms with Crippen molar-refractivity contribution in [3.05, 3.63) is 72.8 Å². The number of hydrogen-bond donors (Lipinski definition) is 1. The zero-order chi connectivity index (χ0) is 22.4. The van der Waals surface area contributed by atoms with E-state index in [1.807, 2.05) is 0 Å². The highest BCUT2D eigenvalue weighted by Crippen LogP contribution is 2.36. The first kappa shape index (κ1) is 21.4. The minimum absolute atomic E-state index is 0.0174. The van der Waals surface area contributed by atoms with Gasteiger partial charge in [-0.2, -0.15) is 0 Å². The zero-order valence-electron chi connectivity index (χ0n) is 17.5. The second-order valence-electron chi connectivity index (χ2n) is 8.09. The van der Waals surface area contributed by atoms with E-state index < -0.39 is 0 Å². The molecule has 9 heteroatoms. The Bertz CT molecular complexity index is 1490. The second kappa shape index (κ2) is 8.50. The summed E-state index contributed by atoms with van der Waals surface area (Å²) in [5, 5.41) is 2.37. The van der Waals surface area contributed by atoms with Crippen molar-refractivity contribution in [3.8, 4) is 0 Å². The maximum Gasteiger partial charge on any atom is 0.263 e. The van der Waals surface area contributed by atoms with Crippen LogP contribution in [0.4, 0.5) is 0 Å². The number of benzene rings is 1.